The number of nitrogens with two attached hydrogens (primary N) is 1. The van der Waals surface area contributed by atoms with Crippen LogP contribution in [0, 0.1) is 0 Å². The van der Waals surface area contributed by atoms with Gasteiger partial charge in [0, 0.05) is 11.5 Å². The second-order valence-corrected chi connectivity index (χ2v) is 4.29. The zero-order valence-corrected chi connectivity index (χ0v) is 9.24. The van der Waals surface area contributed by atoms with Crippen LogP contribution >= 0.6 is 11.5 Å². The number of anilines is 1. The maximum Gasteiger partial charge on any atom is 0.452 e. The highest BCUT2D eigenvalue weighted by atomic mass is 32.1. The molecule has 1 aromatic heterocycles. The van der Waals surface area contributed by atoms with Crippen LogP contribution in [0.3, 0.4) is 0 Å². The van der Waals surface area contributed by atoms with Crippen molar-refractivity contribution in [2.45, 2.75) is 25.6 Å². The fraction of sp³-hybridized carbons (Fsp3) is 0.571. The Bertz CT molecular complexity index is 401. The number of hydrogen-bond donors (Lipinski definition) is 2. The summed E-state index contributed by atoms with van der Waals surface area (Å²) in [7, 11) is 0. The summed E-state index contributed by atoms with van der Waals surface area (Å²) < 4.78 is 39.6. The molecule has 0 atom stereocenters. The lowest BCUT2D eigenvalue weighted by atomic mass is 10.1. The first-order valence-electron chi connectivity index (χ1n) is 4.12. The van der Waals surface area contributed by atoms with Crippen LogP contribution in [0.4, 0.5) is 18.3 Å². The van der Waals surface area contributed by atoms with Gasteiger partial charge < -0.3 is 11.1 Å². The first-order valence-corrected chi connectivity index (χ1v) is 4.89. The monoisotopic (exact) mass is 254 g/mol. The molecule has 5 nitrogen and oxygen atoms in total. The normalized spacial score (nSPS) is 12.6. The number of hydrogen-bond acceptors (Lipinski definition) is 5. The molecule has 16 heavy (non-hydrogen) atoms. The zero-order chi connectivity index (χ0) is 12.6. The van der Waals surface area contributed by atoms with Gasteiger partial charge in [0.2, 0.25) is 16.9 Å². The lowest BCUT2D eigenvalue weighted by Crippen LogP contribution is -2.45. The van der Waals surface area contributed by atoms with E-state index in [-0.39, 0.29) is 5.13 Å². The summed E-state index contributed by atoms with van der Waals surface area (Å²) in [6.45, 7) is 2.87. The third-order valence-corrected chi connectivity index (χ3v) is 2.35. The first kappa shape index (κ1) is 12.7. The number of primary amides is 1. The Labute approximate surface area is 93.0 Å². The Kier molecular flexibility index (Phi) is 3.08. The van der Waals surface area contributed by atoms with E-state index in [1.165, 1.54) is 13.8 Å². The van der Waals surface area contributed by atoms with Crippen molar-refractivity contribution < 1.29 is 18.0 Å². The minimum atomic E-state index is -4.59. The Morgan fingerprint density at radius 3 is 2.38 bits per heavy atom. The number of alkyl halides is 3. The molecule has 0 spiro atoms. The quantitative estimate of drug-likeness (QED) is 0.850. The van der Waals surface area contributed by atoms with Gasteiger partial charge in [-0.2, -0.15) is 22.5 Å². The molecule has 90 valence electrons. The van der Waals surface area contributed by atoms with E-state index in [9.17, 15) is 18.0 Å². The molecule has 9 heteroatoms. The van der Waals surface area contributed by atoms with Crippen LogP contribution in [0.2, 0.25) is 0 Å². The summed E-state index contributed by atoms with van der Waals surface area (Å²) in [5, 5.41) is 2.38. The molecule has 0 unspecified atom stereocenters. The molecular weight excluding hydrogens is 245 g/mol. The molecule has 0 fully saturated rings. The highest BCUT2D eigenvalue weighted by Gasteiger charge is 2.37. The van der Waals surface area contributed by atoms with Crippen molar-refractivity contribution in [1.29, 1.82) is 0 Å². The summed E-state index contributed by atoms with van der Waals surface area (Å²) in [6.07, 6.45) is -4.59. The molecule has 0 saturated heterocycles. The third kappa shape index (κ3) is 2.81. The van der Waals surface area contributed by atoms with Gasteiger partial charge in [-0.25, -0.2) is 0 Å². The molecule has 1 rings (SSSR count). The molecular formula is C7H9F3N4OS. The van der Waals surface area contributed by atoms with E-state index in [1.807, 2.05) is 0 Å². The van der Waals surface area contributed by atoms with Gasteiger partial charge in [-0.3, -0.25) is 4.79 Å². The number of aromatic nitrogens is 2. The Morgan fingerprint density at radius 1 is 1.44 bits per heavy atom. The number of carbonyl (C=O) groups is 1. The zero-order valence-electron chi connectivity index (χ0n) is 8.42. The highest BCUT2D eigenvalue weighted by molar-refractivity contribution is 7.09. The third-order valence-electron chi connectivity index (χ3n) is 1.72. The van der Waals surface area contributed by atoms with Crippen molar-refractivity contribution in [1.82, 2.24) is 9.36 Å². The van der Waals surface area contributed by atoms with Gasteiger partial charge in [0.05, 0.1) is 0 Å². The molecule has 0 radical (unpaired) electrons. The van der Waals surface area contributed by atoms with Crippen LogP contribution in [-0.4, -0.2) is 20.8 Å². The summed E-state index contributed by atoms with van der Waals surface area (Å²) in [5.74, 6) is -1.93. The van der Waals surface area contributed by atoms with Crippen molar-refractivity contribution in [3.05, 3.63) is 5.82 Å². The summed E-state index contributed by atoms with van der Waals surface area (Å²) >= 11 is 0.521. The molecule has 0 aromatic carbocycles. The van der Waals surface area contributed by atoms with Crippen molar-refractivity contribution in [3.8, 4) is 0 Å². The smallest absolute Gasteiger partial charge is 0.368 e. The van der Waals surface area contributed by atoms with Crippen molar-refractivity contribution in [2.75, 3.05) is 5.32 Å². The second-order valence-electron chi connectivity index (χ2n) is 3.54. The number of rotatable bonds is 3. The maximum absolute atomic E-state index is 12.2. The van der Waals surface area contributed by atoms with Crippen LogP contribution in [0.1, 0.15) is 19.7 Å². The van der Waals surface area contributed by atoms with E-state index < -0.39 is 23.4 Å². The second kappa shape index (κ2) is 3.89. The fourth-order valence-electron chi connectivity index (χ4n) is 0.718. The Morgan fingerprint density at radius 2 is 2.00 bits per heavy atom. The summed E-state index contributed by atoms with van der Waals surface area (Å²) in [5.41, 5.74) is 3.87. The molecule has 0 aliphatic heterocycles. The van der Waals surface area contributed by atoms with Crippen LogP contribution in [0.5, 0.6) is 0 Å². The fourth-order valence-corrected chi connectivity index (χ4v) is 1.46. The lowest BCUT2D eigenvalue weighted by molar-refractivity contribution is -0.144. The number of carbonyl (C=O) groups excluding carboxylic acids is 1. The van der Waals surface area contributed by atoms with Crippen LogP contribution < -0.4 is 11.1 Å². The van der Waals surface area contributed by atoms with Gasteiger partial charge in [0.1, 0.15) is 5.54 Å². The van der Waals surface area contributed by atoms with Gasteiger partial charge in [-0.15, -0.1) is 0 Å². The standard InChI is InChI=1S/C7H9F3N4OS/c1-6(2,3(11)15)13-5-12-4(14-16-5)7(8,9)10/h1-2H3,(H2,11,15)(H,12,13,14). The number of nitrogens with zero attached hydrogens (tertiary/aromatic N) is 2. The maximum atomic E-state index is 12.2. The van der Waals surface area contributed by atoms with Gasteiger partial charge >= 0.3 is 6.18 Å². The lowest BCUT2D eigenvalue weighted by Gasteiger charge is -2.20. The SMILES string of the molecule is CC(C)(Nc1nc(C(F)(F)F)ns1)C(N)=O. The summed E-state index contributed by atoms with van der Waals surface area (Å²) in [6, 6.07) is 0. The predicted octanol–water partition coefficient (Wildman–Crippen LogP) is 1.23. The minimum Gasteiger partial charge on any atom is -0.368 e. The molecule has 0 aliphatic rings. The molecule has 0 aliphatic carbocycles. The molecule has 1 aromatic rings. The molecule has 0 saturated carbocycles. The molecule has 0 bridgehead atoms. The topological polar surface area (TPSA) is 80.9 Å². The van der Waals surface area contributed by atoms with Gasteiger partial charge in [-0.05, 0) is 13.8 Å². The average Bonchev–Trinajstić information content (AvgIpc) is 2.50. The van der Waals surface area contributed by atoms with E-state index in [0.717, 1.165) is 0 Å². The summed E-state index contributed by atoms with van der Waals surface area (Å²) in [4.78, 5) is 14.1. The Balaban J connectivity index is 2.85. The highest BCUT2D eigenvalue weighted by Crippen LogP contribution is 2.29. The van der Waals surface area contributed by atoms with Crippen LogP contribution in [0.25, 0.3) is 0 Å². The number of amides is 1. The number of halogens is 3. The van der Waals surface area contributed by atoms with E-state index in [0.29, 0.717) is 11.5 Å². The number of nitrogens with one attached hydrogen (secondary N) is 1. The van der Waals surface area contributed by atoms with Crippen LogP contribution in [0.15, 0.2) is 0 Å². The van der Waals surface area contributed by atoms with Gasteiger partial charge in [-0.1, -0.05) is 0 Å². The van der Waals surface area contributed by atoms with E-state index >= 15 is 0 Å². The average molecular weight is 254 g/mol. The molecule has 3 N–H and O–H groups in total. The van der Waals surface area contributed by atoms with Crippen molar-refractivity contribution >= 4 is 22.6 Å². The molecule has 1 amide bonds. The van der Waals surface area contributed by atoms with Crippen molar-refractivity contribution in [3.63, 3.8) is 0 Å². The van der Waals surface area contributed by atoms with Crippen LogP contribution in [-0.2, 0) is 11.0 Å². The largest absolute Gasteiger partial charge is 0.452 e. The van der Waals surface area contributed by atoms with Crippen molar-refractivity contribution in [2.24, 2.45) is 5.73 Å². The van der Waals surface area contributed by atoms with E-state index in [4.69, 9.17) is 5.73 Å². The van der Waals surface area contributed by atoms with E-state index in [1.54, 1.807) is 0 Å². The Hall–Kier alpha value is -1.38. The van der Waals surface area contributed by atoms with E-state index in [2.05, 4.69) is 14.7 Å². The van der Waals surface area contributed by atoms with Gasteiger partial charge in [0.25, 0.3) is 0 Å². The first-order chi connectivity index (χ1) is 7.13. The minimum absolute atomic E-state index is 0.101. The van der Waals surface area contributed by atoms with Gasteiger partial charge in [0.15, 0.2) is 0 Å². The molecule has 1 heterocycles. The predicted molar refractivity (Wildman–Crippen MR) is 51.8 cm³/mol.